The molecule has 3 aromatic rings. The van der Waals surface area contributed by atoms with E-state index in [0.717, 1.165) is 37.8 Å². The van der Waals surface area contributed by atoms with Gasteiger partial charge in [0, 0.05) is 83.4 Å². The van der Waals surface area contributed by atoms with Crippen LogP contribution in [0.3, 0.4) is 0 Å². The second-order valence-corrected chi connectivity index (χ2v) is 13.8. The van der Waals surface area contributed by atoms with Crippen LogP contribution in [0.5, 0.6) is 5.75 Å². The quantitative estimate of drug-likeness (QED) is 0.282. The summed E-state index contributed by atoms with van der Waals surface area (Å²) in [6, 6.07) is 5.83. The average Bonchev–Trinajstić information content (AvgIpc) is 3.58. The van der Waals surface area contributed by atoms with Crippen LogP contribution >= 0.6 is 11.6 Å². The number of carbonyl (C=O) groups excluding carboxylic acids is 1. The second kappa shape index (κ2) is 15.3. The van der Waals surface area contributed by atoms with Crippen LogP contribution in [-0.4, -0.2) is 106 Å². The maximum atomic E-state index is 13.6. The van der Waals surface area contributed by atoms with E-state index in [-0.39, 0.29) is 29.4 Å². The molecule has 1 aromatic carbocycles. The number of hydrogen-bond acceptors (Lipinski definition) is 10. The Balaban J connectivity index is 1.25. The van der Waals surface area contributed by atoms with Gasteiger partial charge in [0.25, 0.3) is 11.8 Å². The number of amides is 1. The lowest BCUT2D eigenvalue weighted by molar-refractivity contribution is -0.0548. The number of nitriles is 1. The Hall–Kier alpha value is -3.93. The number of alkyl halides is 2. The number of nitrogens with one attached hydrogen (secondary N) is 1. The minimum Gasteiger partial charge on any atom is -0.494 e. The lowest BCUT2D eigenvalue weighted by Crippen LogP contribution is -2.53. The van der Waals surface area contributed by atoms with Crippen molar-refractivity contribution in [2.45, 2.75) is 70.3 Å². The summed E-state index contributed by atoms with van der Waals surface area (Å²) in [6.45, 7) is 7.07. The first-order valence-electron chi connectivity index (χ1n) is 17.1. The molecule has 1 atom stereocenters. The number of rotatable bonds is 10. The Labute approximate surface area is 290 Å². The summed E-state index contributed by atoms with van der Waals surface area (Å²) in [6.07, 6.45) is 9.88. The molecule has 1 N–H and O–H groups in total. The van der Waals surface area contributed by atoms with Gasteiger partial charge in [0.15, 0.2) is 0 Å². The van der Waals surface area contributed by atoms with Crippen LogP contribution in [0, 0.1) is 17.2 Å². The maximum absolute atomic E-state index is 13.6. The number of methoxy groups -OCH3 is 1. The molecule has 0 spiro atoms. The van der Waals surface area contributed by atoms with E-state index in [0.29, 0.717) is 54.9 Å². The number of piperazine rings is 1. The number of carbonyl (C=O) groups is 1. The zero-order valence-corrected chi connectivity index (χ0v) is 28.8. The molecule has 12 nitrogen and oxygen atoms in total. The van der Waals surface area contributed by atoms with E-state index in [1.54, 1.807) is 24.1 Å². The third-order valence-electron chi connectivity index (χ3n) is 10.0. The number of hydrogen-bond donors (Lipinski definition) is 1. The van der Waals surface area contributed by atoms with Gasteiger partial charge in [0.05, 0.1) is 35.9 Å². The Morgan fingerprint density at radius 2 is 1.92 bits per heavy atom. The lowest BCUT2D eigenvalue weighted by atomic mass is 9.88. The summed E-state index contributed by atoms with van der Waals surface area (Å²) < 4.78 is 34.7. The minimum atomic E-state index is -2.59. The van der Waals surface area contributed by atoms with Gasteiger partial charge in [-0.05, 0) is 31.7 Å². The number of halogens is 3. The highest BCUT2D eigenvalue weighted by Crippen LogP contribution is 2.38. The normalized spacial score (nSPS) is 20.6. The van der Waals surface area contributed by atoms with E-state index >= 15 is 0 Å². The van der Waals surface area contributed by atoms with Crippen LogP contribution in [0.2, 0.25) is 5.15 Å². The second-order valence-electron chi connectivity index (χ2n) is 13.4. The molecule has 2 aromatic heterocycles. The van der Waals surface area contributed by atoms with Crippen molar-refractivity contribution >= 4 is 28.9 Å². The standard InChI is InChI=1S/C34H43ClF2N10O2/c1-23-20-46(15-14-45(23)21-24-6-4-3-5-7-24)28-17-30(49-2)29(16-27(28)40-33(48)26-19-39-31(18-38)41-32(26)35)47-22-25(42-43-47)8-11-44-12-9-34(36,37)10-13-44/h16-17,19,22-24H,3-15,20-21H2,1-2H3,(H,40,48)/t23-/m1/s1. The topological polar surface area (TPSA) is 128 Å². The monoisotopic (exact) mass is 696 g/mol. The molecule has 15 heteroatoms. The first-order chi connectivity index (χ1) is 23.6. The molecular weight excluding hydrogens is 654 g/mol. The average molecular weight is 697 g/mol. The fraction of sp³-hybridized carbons (Fsp3) is 0.588. The van der Waals surface area contributed by atoms with Gasteiger partial charge in [-0.1, -0.05) is 36.1 Å². The third-order valence-corrected chi connectivity index (χ3v) is 10.3. The largest absolute Gasteiger partial charge is 0.494 e. The fourth-order valence-corrected chi connectivity index (χ4v) is 7.33. The van der Waals surface area contributed by atoms with Crippen LogP contribution in [0.1, 0.15) is 73.7 Å². The fourth-order valence-electron chi connectivity index (χ4n) is 7.11. The summed E-state index contributed by atoms with van der Waals surface area (Å²) in [5, 5.41) is 20.7. The van der Waals surface area contributed by atoms with Crippen molar-refractivity contribution in [3.05, 3.63) is 46.8 Å². The number of aromatic nitrogens is 5. The summed E-state index contributed by atoms with van der Waals surface area (Å²) >= 11 is 6.29. The Morgan fingerprint density at radius 1 is 1.14 bits per heavy atom. The van der Waals surface area contributed by atoms with E-state index in [9.17, 15) is 13.6 Å². The van der Waals surface area contributed by atoms with E-state index in [1.165, 1.54) is 38.3 Å². The van der Waals surface area contributed by atoms with Crippen molar-refractivity contribution in [3.63, 3.8) is 0 Å². The zero-order valence-electron chi connectivity index (χ0n) is 28.0. The number of likely N-dealkylation sites (tertiary alicyclic amines) is 1. The van der Waals surface area contributed by atoms with Gasteiger partial charge in [0.1, 0.15) is 22.7 Å². The molecule has 6 rings (SSSR count). The van der Waals surface area contributed by atoms with E-state index in [2.05, 4.69) is 42.3 Å². The van der Waals surface area contributed by atoms with Gasteiger partial charge in [-0.3, -0.25) is 9.69 Å². The third kappa shape index (κ3) is 8.45. The predicted octanol–water partition coefficient (Wildman–Crippen LogP) is 5.21. The molecule has 1 aliphatic carbocycles. The molecule has 49 heavy (non-hydrogen) atoms. The van der Waals surface area contributed by atoms with Crippen LogP contribution in [0.4, 0.5) is 20.2 Å². The molecule has 0 bridgehead atoms. The van der Waals surface area contributed by atoms with Gasteiger partial charge in [-0.2, -0.15) is 5.26 Å². The van der Waals surface area contributed by atoms with E-state index in [1.807, 2.05) is 17.0 Å². The number of ether oxygens (including phenoxy) is 1. The molecule has 2 saturated heterocycles. The summed E-state index contributed by atoms with van der Waals surface area (Å²) in [7, 11) is 1.59. The highest BCUT2D eigenvalue weighted by Gasteiger charge is 2.34. The molecule has 2 aliphatic heterocycles. The van der Waals surface area contributed by atoms with Crippen molar-refractivity contribution in [1.82, 2.24) is 34.8 Å². The van der Waals surface area contributed by atoms with Crippen LogP contribution in [0.25, 0.3) is 5.69 Å². The summed E-state index contributed by atoms with van der Waals surface area (Å²) in [5.74, 6) is -1.96. The van der Waals surface area contributed by atoms with Crippen LogP contribution in [0.15, 0.2) is 24.5 Å². The smallest absolute Gasteiger partial charge is 0.260 e. The Kier molecular flexibility index (Phi) is 10.9. The number of anilines is 2. The highest BCUT2D eigenvalue weighted by atomic mass is 35.5. The minimum absolute atomic E-state index is 0.0353. The van der Waals surface area contributed by atoms with Crippen molar-refractivity contribution in [2.75, 3.05) is 63.1 Å². The first kappa shape index (κ1) is 34.9. The highest BCUT2D eigenvalue weighted by molar-refractivity contribution is 6.33. The molecule has 3 aliphatic rings. The molecule has 1 saturated carbocycles. The van der Waals surface area contributed by atoms with Gasteiger partial charge in [-0.25, -0.2) is 23.4 Å². The van der Waals surface area contributed by atoms with Crippen LogP contribution in [-0.2, 0) is 6.42 Å². The molecule has 262 valence electrons. The lowest BCUT2D eigenvalue weighted by Gasteiger charge is -2.43. The molecule has 0 unspecified atom stereocenters. The molecule has 4 heterocycles. The van der Waals surface area contributed by atoms with Crippen LogP contribution < -0.4 is 15.0 Å². The van der Waals surface area contributed by atoms with Crippen molar-refractivity contribution in [1.29, 1.82) is 5.26 Å². The molecule has 3 fully saturated rings. The van der Waals surface area contributed by atoms with E-state index < -0.39 is 11.8 Å². The molecular formula is C34H43ClF2N10O2. The van der Waals surface area contributed by atoms with E-state index in [4.69, 9.17) is 21.6 Å². The van der Waals surface area contributed by atoms with Gasteiger partial charge in [-0.15, -0.1) is 5.10 Å². The van der Waals surface area contributed by atoms with Gasteiger partial charge in [0.2, 0.25) is 5.82 Å². The summed E-state index contributed by atoms with van der Waals surface area (Å²) in [5.41, 5.74) is 2.60. The maximum Gasteiger partial charge on any atom is 0.260 e. The number of nitrogens with zero attached hydrogens (tertiary/aromatic N) is 9. The predicted molar refractivity (Wildman–Crippen MR) is 182 cm³/mol. The SMILES string of the molecule is COc1cc(N2CCN(CC3CCCCC3)[C@H](C)C2)c(NC(=O)c2cnc(C#N)nc2Cl)cc1-n1cc(CCN2CCC(F)(F)CC2)nn1. The Bertz CT molecular complexity index is 1660. The molecule has 0 radical (unpaired) electrons. The number of benzene rings is 1. The van der Waals surface area contributed by atoms with Crippen molar-refractivity contribution in [2.24, 2.45) is 5.92 Å². The van der Waals surface area contributed by atoms with Crippen molar-refractivity contribution < 1.29 is 18.3 Å². The summed E-state index contributed by atoms with van der Waals surface area (Å²) in [4.78, 5) is 28.3. The van der Waals surface area contributed by atoms with Crippen molar-refractivity contribution in [3.8, 4) is 17.5 Å². The molecule has 1 amide bonds. The van der Waals surface area contributed by atoms with Gasteiger partial charge < -0.3 is 19.9 Å². The van der Waals surface area contributed by atoms with Gasteiger partial charge >= 0.3 is 0 Å². The zero-order chi connectivity index (χ0) is 34.5. The Morgan fingerprint density at radius 3 is 2.61 bits per heavy atom. The first-order valence-corrected chi connectivity index (χ1v) is 17.5. The number of piperidine rings is 1.